The summed E-state index contributed by atoms with van der Waals surface area (Å²) in [5, 5.41) is 12.0. The van der Waals surface area contributed by atoms with Crippen molar-refractivity contribution < 1.29 is 9.53 Å². The van der Waals surface area contributed by atoms with Crippen LogP contribution in [0, 0.1) is 0 Å². The molecule has 6 heteroatoms. The maximum absolute atomic E-state index is 12.3. The van der Waals surface area contributed by atoms with Crippen molar-refractivity contribution >= 4 is 22.4 Å². The standard InChI is InChI=1S/C19H19N3O2S/c1-13(2)14-8-10-15(11-9-14)18(23)20-19-22-21-17(25-19)12-24-16-6-4-3-5-7-16/h3-11,13H,12H2,1-2H3,(H,20,22,23). The minimum atomic E-state index is -0.193. The van der Waals surface area contributed by atoms with Gasteiger partial charge >= 0.3 is 0 Å². The minimum absolute atomic E-state index is 0.193. The van der Waals surface area contributed by atoms with E-state index in [1.165, 1.54) is 16.9 Å². The van der Waals surface area contributed by atoms with Crippen molar-refractivity contribution in [1.29, 1.82) is 0 Å². The fourth-order valence-corrected chi connectivity index (χ4v) is 2.86. The van der Waals surface area contributed by atoms with Gasteiger partial charge in [-0.05, 0) is 35.7 Å². The summed E-state index contributed by atoms with van der Waals surface area (Å²) < 4.78 is 5.63. The number of rotatable bonds is 6. The lowest BCUT2D eigenvalue weighted by Crippen LogP contribution is -2.11. The number of hydrogen-bond donors (Lipinski definition) is 1. The molecule has 5 nitrogen and oxygen atoms in total. The highest BCUT2D eigenvalue weighted by molar-refractivity contribution is 7.15. The lowest BCUT2D eigenvalue weighted by atomic mass is 10.0. The third kappa shape index (κ3) is 4.64. The second-order valence-corrected chi connectivity index (χ2v) is 6.90. The predicted octanol–water partition coefficient (Wildman–Crippen LogP) is 4.49. The summed E-state index contributed by atoms with van der Waals surface area (Å²) in [6.07, 6.45) is 0. The van der Waals surface area contributed by atoms with Crippen LogP contribution in [0.2, 0.25) is 0 Å². The van der Waals surface area contributed by atoms with Crippen molar-refractivity contribution in [2.24, 2.45) is 0 Å². The molecule has 2 aromatic carbocycles. The molecule has 0 aliphatic rings. The van der Waals surface area contributed by atoms with Gasteiger partial charge in [-0.15, -0.1) is 10.2 Å². The molecule has 25 heavy (non-hydrogen) atoms. The maximum atomic E-state index is 12.3. The molecule has 0 aliphatic heterocycles. The Morgan fingerprint density at radius 2 is 1.80 bits per heavy atom. The molecule has 0 atom stereocenters. The van der Waals surface area contributed by atoms with Gasteiger partial charge in [-0.1, -0.05) is 55.5 Å². The quantitative estimate of drug-likeness (QED) is 0.709. The van der Waals surface area contributed by atoms with Crippen LogP contribution in [0.3, 0.4) is 0 Å². The molecule has 1 N–H and O–H groups in total. The molecule has 1 heterocycles. The van der Waals surface area contributed by atoms with E-state index in [1.807, 2.05) is 54.6 Å². The van der Waals surface area contributed by atoms with Crippen molar-refractivity contribution in [3.63, 3.8) is 0 Å². The van der Waals surface area contributed by atoms with Gasteiger partial charge in [0.05, 0.1) is 0 Å². The molecule has 0 radical (unpaired) electrons. The molecule has 1 amide bonds. The zero-order valence-electron chi connectivity index (χ0n) is 14.1. The van der Waals surface area contributed by atoms with Gasteiger partial charge < -0.3 is 4.74 Å². The van der Waals surface area contributed by atoms with Crippen molar-refractivity contribution in [3.8, 4) is 5.75 Å². The molecule has 0 bridgehead atoms. The Kier molecular flexibility index (Phi) is 5.40. The summed E-state index contributed by atoms with van der Waals surface area (Å²) in [5.74, 6) is 1.02. The zero-order valence-corrected chi connectivity index (χ0v) is 14.9. The van der Waals surface area contributed by atoms with Crippen molar-refractivity contribution in [2.75, 3.05) is 5.32 Å². The Balaban J connectivity index is 1.58. The number of benzene rings is 2. The summed E-state index contributed by atoms with van der Waals surface area (Å²) in [6, 6.07) is 17.1. The van der Waals surface area contributed by atoms with Gasteiger partial charge in [0, 0.05) is 5.56 Å². The highest BCUT2D eigenvalue weighted by Crippen LogP contribution is 2.20. The van der Waals surface area contributed by atoms with Crippen molar-refractivity contribution in [2.45, 2.75) is 26.4 Å². The first-order valence-corrected chi connectivity index (χ1v) is 8.85. The Bertz CT molecular complexity index is 829. The Labute approximate surface area is 150 Å². The summed E-state index contributed by atoms with van der Waals surface area (Å²) in [6.45, 7) is 4.56. The largest absolute Gasteiger partial charge is 0.486 e. The molecule has 0 fully saturated rings. The van der Waals surface area contributed by atoms with Crippen LogP contribution in [-0.2, 0) is 6.61 Å². The number of ether oxygens (including phenoxy) is 1. The fraction of sp³-hybridized carbons (Fsp3) is 0.211. The number of para-hydroxylation sites is 1. The normalized spacial score (nSPS) is 10.7. The predicted molar refractivity (Wildman–Crippen MR) is 99.2 cm³/mol. The van der Waals surface area contributed by atoms with Gasteiger partial charge in [0.2, 0.25) is 5.13 Å². The number of carbonyl (C=O) groups excluding carboxylic acids is 1. The second kappa shape index (κ2) is 7.90. The average Bonchev–Trinajstić information content (AvgIpc) is 3.08. The minimum Gasteiger partial charge on any atom is -0.486 e. The van der Waals surface area contributed by atoms with Gasteiger partial charge in [0.15, 0.2) is 5.01 Å². The molecule has 3 rings (SSSR count). The number of anilines is 1. The molecule has 0 spiro atoms. The van der Waals surface area contributed by atoms with Crippen molar-refractivity contribution in [1.82, 2.24) is 10.2 Å². The summed E-state index contributed by atoms with van der Waals surface area (Å²) in [4.78, 5) is 12.3. The summed E-state index contributed by atoms with van der Waals surface area (Å²) in [5.41, 5.74) is 1.80. The Hall–Kier alpha value is -2.73. The average molecular weight is 353 g/mol. The third-order valence-corrected chi connectivity index (χ3v) is 4.44. The third-order valence-electron chi connectivity index (χ3n) is 3.63. The van der Waals surface area contributed by atoms with Crippen LogP contribution in [0.15, 0.2) is 54.6 Å². The number of nitrogens with zero attached hydrogens (tertiary/aromatic N) is 2. The molecule has 0 saturated carbocycles. The first-order valence-electron chi connectivity index (χ1n) is 8.03. The van der Waals surface area contributed by atoms with Crippen LogP contribution in [0.1, 0.15) is 40.7 Å². The van der Waals surface area contributed by atoms with Gasteiger partial charge in [-0.2, -0.15) is 0 Å². The van der Waals surface area contributed by atoms with Crippen LogP contribution >= 0.6 is 11.3 Å². The summed E-state index contributed by atoms with van der Waals surface area (Å²) >= 11 is 1.30. The maximum Gasteiger partial charge on any atom is 0.257 e. The van der Waals surface area contributed by atoms with Gasteiger partial charge in [-0.3, -0.25) is 10.1 Å². The molecule has 1 aromatic heterocycles. The summed E-state index contributed by atoms with van der Waals surface area (Å²) in [7, 11) is 0. The topological polar surface area (TPSA) is 64.1 Å². The van der Waals surface area contributed by atoms with Crippen LogP contribution in [0.4, 0.5) is 5.13 Å². The Morgan fingerprint density at radius 3 is 2.48 bits per heavy atom. The first kappa shape index (κ1) is 17.1. The van der Waals surface area contributed by atoms with E-state index >= 15 is 0 Å². The molecule has 0 aliphatic carbocycles. The number of carbonyl (C=O) groups is 1. The highest BCUT2D eigenvalue weighted by atomic mass is 32.1. The second-order valence-electron chi connectivity index (χ2n) is 5.83. The van der Waals surface area contributed by atoms with E-state index < -0.39 is 0 Å². The van der Waals surface area contributed by atoms with Crippen LogP contribution in [0.25, 0.3) is 0 Å². The molecule has 128 valence electrons. The fourth-order valence-electron chi connectivity index (χ4n) is 2.21. The van der Waals surface area contributed by atoms with Gasteiger partial charge in [0.1, 0.15) is 12.4 Å². The monoisotopic (exact) mass is 353 g/mol. The van der Waals surface area contributed by atoms with Gasteiger partial charge in [-0.25, -0.2) is 0 Å². The zero-order chi connectivity index (χ0) is 17.6. The van der Waals surface area contributed by atoms with E-state index in [1.54, 1.807) is 0 Å². The van der Waals surface area contributed by atoms with Crippen molar-refractivity contribution in [3.05, 3.63) is 70.7 Å². The Morgan fingerprint density at radius 1 is 1.08 bits per heavy atom. The van der Waals surface area contributed by atoms with Crippen LogP contribution < -0.4 is 10.1 Å². The SMILES string of the molecule is CC(C)c1ccc(C(=O)Nc2nnc(COc3ccccc3)s2)cc1. The van der Waals surface area contributed by atoms with Crippen LogP contribution in [-0.4, -0.2) is 16.1 Å². The smallest absolute Gasteiger partial charge is 0.257 e. The molecule has 0 unspecified atom stereocenters. The molecule has 0 saturated heterocycles. The van der Waals surface area contributed by atoms with Gasteiger partial charge in [0.25, 0.3) is 5.91 Å². The number of nitrogens with one attached hydrogen (secondary N) is 1. The first-order chi connectivity index (χ1) is 12.1. The van der Waals surface area contributed by atoms with E-state index in [4.69, 9.17) is 4.74 Å². The lowest BCUT2D eigenvalue weighted by Gasteiger charge is -2.06. The molecule has 3 aromatic rings. The lowest BCUT2D eigenvalue weighted by molar-refractivity contribution is 0.102. The van der Waals surface area contributed by atoms with E-state index in [0.29, 0.717) is 28.2 Å². The van der Waals surface area contributed by atoms with E-state index in [-0.39, 0.29) is 5.91 Å². The number of amides is 1. The van der Waals surface area contributed by atoms with E-state index in [2.05, 4.69) is 29.4 Å². The number of hydrogen-bond acceptors (Lipinski definition) is 5. The highest BCUT2D eigenvalue weighted by Gasteiger charge is 2.11. The number of aromatic nitrogens is 2. The molecular weight excluding hydrogens is 334 g/mol. The van der Waals surface area contributed by atoms with E-state index in [0.717, 1.165) is 5.75 Å². The van der Waals surface area contributed by atoms with E-state index in [9.17, 15) is 4.79 Å². The molecular formula is C19H19N3O2S. The van der Waals surface area contributed by atoms with Crippen LogP contribution in [0.5, 0.6) is 5.75 Å².